The summed E-state index contributed by atoms with van der Waals surface area (Å²) in [6.07, 6.45) is 3.29. The molecule has 1 aliphatic rings. The zero-order valence-electron chi connectivity index (χ0n) is 11.8. The number of ether oxygens (including phenoxy) is 2. The van der Waals surface area contributed by atoms with Crippen molar-refractivity contribution in [2.75, 3.05) is 7.11 Å². The lowest BCUT2D eigenvalue weighted by molar-refractivity contribution is 0.251. The van der Waals surface area contributed by atoms with Gasteiger partial charge < -0.3 is 9.47 Å². The highest BCUT2D eigenvalue weighted by molar-refractivity contribution is 5.87. The molecule has 1 unspecified atom stereocenters. The molecule has 0 saturated heterocycles. The zero-order chi connectivity index (χ0) is 13.9. The van der Waals surface area contributed by atoms with Gasteiger partial charge in [-0.05, 0) is 36.3 Å². The Labute approximate surface area is 119 Å². The van der Waals surface area contributed by atoms with Crippen molar-refractivity contribution in [1.29, 1.82) is 0 Å². The molecule has 0 saturated carbocycles. The molecule has 102 valence electrons. The Morgan fingerprint density at radius 3 is 2.50 bits per heavy atom. The number of rotatable bonds is 3. The van der Waals surface area contributed by atoms with Crippen LogP contribution in [0.3, 0.4) is 0 Å². The molecule has 2 nitrogen and oxygen atoms in total. The van der Waals surface area contributed by atoms with Gasteiger partial charge in [0.05, 0.1) is 7.11 Å². The minimum atomic E-state index is 0.110. The monoisotopic (exact) mass is 266 g/mol. The van der Waals surface area contributed by atoms with Crippen molar-refractivity contribution in [1.82, 2.24) is 0 Å². The van der Waals surface area contributed by atoms with Gasteiger partial charge in [-0.3, -0.25) is 0 Å². The first-order valence-electron chi connectivity index (χ1n) is 6.93. The van der Waals surface area contributed by atoms with Gasteiger partial charge in [0, 0.05) is 11.1 Å². The molecule has 2 aromatic carbocycles. The van der Waals surface area contributed by atoms with Crippen LogP contribution in [0.5, 0.6) is 11.5 Å². The van der Waals surface area contributed by atoms with E-state index in [0.717, 1.165) is 23.5 Å². The number of hydrogen-bond acceptors (Lipinski definition) is 2. The highest BCUT2D eigenvalue weighted by atomic mass is 16.5. The molecule has 0 fully saturated rings. The van der Waals surface area contributed by atoms with Crippen LogP contribution in [0, 0.1) is 0 Å². The fourth-order valence-electron chi connectivity index (χ4n) is 2.54. The van der Waals surface area contributed by atoms with Crippen LogP contribution < -0.4 is 9.47 Å². The lowest BCUT2D eigenvalue weighted by Gasteiger charge is -2.27. The Hall–Kier alpha value is -2.22. The Balaban J connectivity index is 2.03. The largest absolute Gasteiger partial charge is 0.497 e. The van der Waals surface area contributed by atoms with E-state index in [1.165, 1.54) is 11.1 Å². The van der Waals surface area contributed by atoms with Gasteiger partial charge in [0.1, 0.15) is 17.6 Å². The van der Waals surface area contributed by atoms with Gasteiger partial charge in [-0.25, -0.2) is 0 Å². The first kappa shape index (κ1) is 12.8. The first-order valence-corrected chi connectivity index (χ1v) is 6.93. The van der Waals surface area contributed by atoms with Crippen molar-refractivity contribution in [2.45, 2.75) is 19.4 Å². The van der Waals surface area contributed by atoms with Crippen LogP contribution in [0.4, 0.5) is 0 Å². The number of para-hydroxylation sites is 1. The number of benzene rings is 2. The average Bonchev–Trinajstić information content (AvgIpc) is 2.53. The normalized spacial score (nSPS) is 16.9. The highest BCUT2D eigenvalue weighted by Gasteiger charge is 2.22. The van der Waals surface area contributed by atoms with Crippen molar-refractivity contribution in [3.8, 4) is 11.5 Å². The molecule has 2 aromatic rings. The van der Waals surface area contributed by atoms with Crippen molar-refractivity contribution in [3.05, 3.63) is 59.7 Å². The van der Waals surface area contributed by atoms with E-state index in [-0.39, 0.29) is 6.10 Å². The maximum Gasteiger partial charge on any atom is 0.127 e. The maximum absolute atomic E-state index is 6.11. The molecule has 3 rings (SSSR count). The molecule has 0 radical (unpaired) electrons. The fraction of sp³-hybridized carbons (Fsp3) is 0.222. The van der Waals surface area contributed by atoms with Gasteiger partial charge in [-0.15, -0.1) is 0 Å². The van der Waals surface area contributed by atoms with Gasteiger partial charge in [0.25, 0.3) is 0 Å². The molecule has 2 heteroatoms. The van der Waals surface area contributed by atoms with E-state index in [1.54, 1.807) is 7.11 Å². The third-order valence-corrected chi connectivity index (χ3v) is 3.64. The molecular formula is C18H18O2. The summed E-state index contributed by atoms with van der Waals surface area (Å²) in [5.41, 5.74) is 3.56. The molecular weight excluding hydrogens is 248 g/mol. The first-order chi connectivity index (χ1) is 9.81. The molecule has 0 amide bonds. The van der Waals surface area contributed by atoms with E-state index in [1.807, 2.05) is 30.3 Å². The maximum atomic E-state index is 6.11. The van der Waals surface area contributed by atoms with Crippen LogP contribution in [0.1, 0.15) is 24.5 Å². The van der Waals surface area contributed by atoms with E-state index in [4.69, 9.17) is 9.47 Å². The predicted molar refractivity (Wildman–Crippen MR) is 82.0 cm³/mol. The van der Waals surface area contributed by atoms with Crippen LogP contribution in [0.15, 0.2) is 48.5 Å². The van der Waals surface area contributed by atoms with Crippen LogP contribution in [-0.2, 0) is 0 Å². The number of methoxy groups -OCH3 is 1. The minimum Gasteiger partial charge on any atom is -0.497 e. The molecule has 0 bridgehead atoms. The summed E-state index contributed by atoms with van der Waals surface area (Å²) in [5.74, 6) is 1.84. The third-order valence-electron chi connectivity index (χ3n) is 3.64. The molecule has 1 aliphatic heterocycles. The third kappa shape index (κ3) is 2.29. The van der Waals surface area contributed by atoms with Crippen LogP contribution in [0.25, 0.3) is 11.6 Å². The fourth-order valence-corrected chi connectivity index (χ4v) is 2.54. The van der Waals surface area contributed by atoms with E-state index in [9.17, 15) is 0 Å². The summed E-state index contributed by atoms with van der Waals surface area (Å²) >= 11 is 0. The molecule has 0 aromatic heterocycles. The van der Waals surface area contributed by atoms with E-state index in [0.29, 0.717) is 0 Å². The van der Waals surface area contributed by atoms with Crippen molar-refractivity contribution >= 4 is 11.6 Å². The Morgan fingerprint density at radius 1 is 1.05 bits per heavy atom. The standard InChI is InChI=1S/C18H18O2/c1-3-17-16(13-8-10-15(19-2)11-9-13)12-14-6-4-5-7-18(14)20-17/h4-12,17H,3H2,1-2H3. The predicted octanol–water partition coefficient (Wildman–Crippen LogP) is 4.41. The molecule has 20 heavy (non-hydrogen) atoms. The second-order valence-corrected chi connectivity index (χ2v) is 4.88. The van der Waals surface area contributed by atoms with Crippen LogP contribution in [0.2, 0.25) is 0 Å². The Morgan fingerprint density at radius 2 is 1.80 bits per heavy atom. The quantitative estimate of drug-likeness (QED) is 0.819. The summed E-state index contributed by atoms with van der Waals surface area (Å²) in [5, 5.41) is 0. The van der Waals surface area contributed by atoms with Crippen LogP contribution >= 0.6 is 0 Å². The zero-order valence-corrected chi connectivity index (χ0v) is 11.8. The van der Waals surface area contributed by atoms with E-state index in [2.05, 4.69) is 31.2 Å². The van der Waals surface area contributed by atoms with Gasteiger partial charge in [0.15, 0.2) is 0 Å². The van der Waals surface area contributed by atoms with Crippen molar-refractivity contribution in [3.63, 3.8) is 0 Å². The topological polar surface area (TPSA) is 18.5 Å². The second-order valence-electron chi connectivity index (χ2n) is 4.88. The molecule has 0 N–H and O–H groups in total. The van der Waals surface area contributed by atoms with Crippen LogP contribution in [-0.4, -0.2) is 13.2 Å². The highest BCUT2D eigenvalue weighted by Crippen LogP contribution is 2.35. The molecule has 0 spiro atoms. The van der Waals surface area contributed by atoms with Crippen molar-refractivity contribution < 1.29 is 9.47 Å². The average molecular weight is 266 g/mol. The van der Waals surface area contributed by atoms with E-state index >= 15 is 0 Å². The summed E-state index contributed by atoms with van der Waals surface area (Å²) in [4.78, 5) is 0. The van der Waals surface area contributed by atoms with Gasteiger partial charge >= 0.3 is 0 Å². The SMILES string of the molecule is CCC1Oc2ccccc2C=C1c1ccc(OC)cc1. The lowest BCUT2D eigenvalue weighted by atomic mass is 9.94. The van der Waals surface area contributed by atoms with Gasteiger partial charge in [-0.1, -0.05) is 37.3 Å². The van der Waals surface area contributed by atoms with Crippen molar-refractivity contribution in [2.24, 2.45) is 0 Å². The lowest BCUT2D eigenvalue weighted by Crippen LogP contribution is -2.20. The summed E-state index contributed by atoms with van der Waals surface area (Å²) in [7, 11) is 1.68. The van der Waals surface area contributed by atoms with Gasteiger partial charge in [0.2, 0.25) is 0 Å². The molecule has 1 atom stereocenters. The Kier molecular flexibility index (Phi) is 3.46. The summed E-state index contributed by atoms with van der Waals surface area (Å²) < 4.78 is 11.3. The van der Waals surface area contributed by atoms with E-state index < -0.39 is 0 Å². The molecule has 1 heterocycles. The van der Waals surface area contributed by atoms with Gasteiger partial charge in [-0.2, -0.15) is 0 Å². The Bertz CT molecular complexity index is 626. The smallest absolute Gasteiger partial charge is 0.127 e. The second kappa shape index (κ2) is 5.41. The summed E-state index contributed by atoms with van der Waals surface area (Å²) in [6, 6.07) is 16.3. The minimum absolute atomic E-state index is 0.110. The number of hydrogen-bond donors (Lipinski definition) is 0. The summed E-state index contributed by atoms with van der Waals surface area (Å²) in [6.45, 7) is 2.15. The number of fused-ring (bicyclic) bond motifs is 1. The molecule has 0 aliphatic carbocycles.